The van der Waals surface area contributed by atoms with Crippen LogP contribution in [0.4, 0.5) is 28.9 Å². The summed E-state index contributed by atoms with van der Waals surface area (Å²) < 4.78 is 64.3. The number of aromatic nitrogens is 3. The standard InChI is InChI=1S/C32H29F4N5O2/c1-19-25(4-3-15-37-19)39-26-17-29-31(18-27(26)38-21-6-10-23(42-2)11-7-21)41(30-14-5-20(33)16-28(30)40-29)22-8-12-24(13-9-22)43-32(34,35)36/h3-5,8-9,12-18,21,23,39H,6-7,10-11H2,1-2H3/b38-27+. The zero-order valence-corrected chi connectivity index (χ0v) is 23.5. The molecule has 11 heteroatoms. The Hall–Kier alpha value is -4.51. The second-order valence-corrected chi connectivity index (χ2v) is 10.5. The Kier molecular flexibility index (Phi) is 7.74. The first kappa shape index (κ1) is 28.6. The number of hydrogen-bond acceptors (Lipinski definition) is 6. The number of halogens is 4. The molecule has 7 nitrogen and oxygen atoms in total. The Bertz CT molecular complexity index is 1800. The Morgan fingerprint density at radius 2 is 1.72 bits per heavy atom. The van der Waals surface area contributed by atoms with Crippen molar-refractivity contribution >= 4 is 22.4 Å². The second kappa shape index (κ2) is 11.6. The van der Waals surface area contributed by atoms with Gasteiger partial charge in [0.05, 0.1) is 57.0 Å². The molecule has 6 rings (SSSR count). The van der Waals surface area contributed by atoms with Crippen molar-refractivity contribution in [3.63, 3.8) is 0 Å². The van der Waals surface area contributed by atoms with Crippen molar-refractivity contribution in [2.75, 3.05) is 12.4 Å². The van der Waals surface area contributed by atoms with Gasteiger partial charge in [0.25, 0.3) is 0 Å². The van der Waals surface area contributed by atoms with Crippen LogP contribution >= 0.6 is 0 Å². The molecule has 3 aliphatic rings. The number of ether oxygens (including phenoxy) is 2. The lowest BCUT2D eigenvalue weighted by Crippen LogP contribution is -2.25. The van der Waals surface area contributed by atoms with Crippen molar-refractivity contribution in [3.05, 3.63) is 89.8 Å². The number of aryl methyl sites for hydroxylation is 1. The van der Waals surface area contributed by atoms with Gasteiger partial charge < -0.3 is 19.4 Å². The fourth-order valence-corrected chi connectivity index (χ4v) is 5.52. The van der Waals surface area contributed by atoms with Gasteiger partial charge in [-0.05, 0) is 93.3 Å². The summed E-state index contributed by atoms with van der Waals surface area (Å²) >= 11 is 0. The Morgan fingerprint density at radius 3 is 2.42 bits per heavy atom. The van der Waals surface area contributed by atoms with Crippen LogP contribution in [0.2, 0.25) is 0 Å². The third-order valence-electron chi connectivity index (χ3n) is 7.66. The number of alkyl halides is 3. The van der Waals surface area contributed by atoms with Crippen LogP contribution in [0.3, 0.4) is 0 Å². The SMILES string of the molecule is COC1CCC(/N=c2\cc3n(-c4ccc(OC(F)(F)F)cc4)c4ccc(F)cc4nc-3cc2Nc2cccnc2C)CC1. The zero-order valence-electron chi connectivity index (χ0n) is 23.5. The molecule has 0 saturated heterocycles. The normalized spacial score (nSPS) is 17.9. The molecule has 2 heterocycles. The summed E-state index contributed by atoms with van der Waals surface area (Å²) in [5, 5.41) is 4.16. The van der Waals surface area contributed by atoms with Gasteiger partial charge in [-0.3, -0.25) is 9.98 Å². The summed E-state index contributed by atoms with van der Waals surface area (Å²) in [6.45, 7) is 1.90. The van der Waals surface area contributed by atoms with Gasteiger partial charge in [0, 0.05) is 25.1 Å². The minimum absolute atomic E-state index is 0.0779. The summed E-state index contributed by atoms with van der Waals surface area (Å²) in [5.41, 5.74) is 5.03. The minimum atomic E-state index is -4.81. The molecule has 0 atom stereocenters. The Labute approximate surface area is 245 Å². The van der Waals surface area contributed by atoms with Crippen molar-refractivity contribution < 1.29 is 27.0 Å². The van der Waals surface area contributed by atoms with Crippen LogP contribution in [0.5, 0.6) is 5.75 Å². The maximum atomic E-state index is 14.4. The van der Waals surface area contributed by atoms with Crippen LogP contribution < -0.4 is 15.4 Å². The van der Waals surface area contributed by atoms with E-state index < -0.39 is 12.2 Å². The van der Waals surface area contributed by atoms with Crippen molar-refractivity contribution in [3.8, 4) is 22.8 Å². The highest BCUT2D eigenvalue weighted by molar-refractivity contribution is 5.84. The fourth-order valence-electron chi connectivity index (χ4n) is 5.52. The van der Waals surface area contributed by atoms with E-state index >= 15 is 0 Å². The van der Waals surface area contributed by atoms with E-state index in [1.54, 1.807) is 19.4 Å². The predicted octanol–water partition coefficient (Wildman–Crippen LogP) is 7.47. The summed E-state index contributed by atoms with van der Waals surface area (Å²) in [6, 6.07) is 17.4. The van der Waals surface area contributed by atoms with E-state index in [1.165, 1.54) is 36.4 Å². The van der Waals surface area contributed by atoms with Gasteiger partial charge in [-0.1, -0.05) is 0 Å². The highest BCUT2D eigenvalue weighted by Crippen LogP contribution is 2.33. The van der Waals surface area contributed by atoms with Gasteiger partial charge >= 0.3 is 6.36 Å². The van der Waals surface area contributed by atoms with Crippen molar-refractivity contribution in [1.29, 1.82) is 0 Å². The van der Waals surface area contributed by atoms with E-state index in [1.807, 2.05) is 35.8 Å². The van der Waals surface area contributed by atoms with Crippen LogP contribution in [-0.4, -0.2) is 40.2 Å². The van der Waals surface area contributed by atoms with Crippen molar-refractivity contribution in [2.24, 2.45) is 4.99 Å². The number of methoxy groups -OCH3 is 1. The molecule has 1 fully saturated rings. The number of fused-ring (bicyclic) bond motifs is 2. The number of benzene rings is 3. The molecule has 2 aromatic carbocycles. The van der Waals surface area contributed by atoms with Gasteiger partial charge in [0.15, 0.2) is 0 Å². The number of nitrogens with one attached hydrogen (secondary N) is 1. The van der Waals surface area contributed by atoms with Crippen LogP contribution in [0.15, 0.2) is 77.9 Å². The van der Waals surface area contributed by atoms with Gasteiger partial charge in [0.1, 0.15) is 11.6 Å². The van der Waals surface area contributed by atoms with Crippen molar-refractivity contribution in [1.82, 2.24) is 14.5 Å². The smallest absolute Gasteiger partial charge is 0.406 e. The quantitative estimate of drug-likeness (QED) is 0.164. The Balaban J connectivity index is 1.56. The molecule has 43 heavy (non-hydrogen) atoms. The third-order valence-corrected chi connectivity index (χ3v) is 7.66. The molecule has 3 aromatic rings. The molecule has 0 amide bonds. The topological polar surface area (TPSA) is 73.6 Å². The molecule has 2 aliphatic carbocycles. The van der Waals surface area contributed by atoms with E-state index in [-0.39, 0.29) is 17.9 Å². The molecule has 0 bridgehead atoms. The van der Waals surface area contributed by atoms with Crippen molar-refractivity contribution in [2.45, 2.75) is 51.1 Å². The van der Waals surface area contributed by atoms with E-state index in [9.17, 15) is 17.6 Å². The fraction of sp³-hybridized carbons (Fsp3) is 0.281. The molecule has 0 spiro atoms. The molecular weight excluding hydrogens is 562 g/mol. The van der Waals surface area contributed by atoms with Crippen LogP contribution in [0.25, 0.3) is 28.1 Å². The molecule has 0 radical (unpaired) electrons. The number of hydrogen-bond donors (Lipinski definition) is 1. The molecule has 0 unspecified atom stereocenters. The predicted molar refractivity (Wildman–Crippen MR) is 155 cm³/mol. The summed E-state index contributed by atoms with van der Waals surface area (Å²) in [4.78, 5) is 14.3. The molecule has 1 N–H and O–H groups in total. The van der Waals surface area contributed by atoms with Crippen LogP contribution in [0.1, 0.15) is 31.4 Å². The summed E-state index contributed by atoms with van der Waals surface area (Å²) in [6.07, 6.45) is 0.698. The lowest BCUT2D eigenvalue weighted by molar-refractivity contribution is -0.274. The highest BCUT2D eigenvalue weighted by Gasteiger charge is 2.31. The lowest BCUT2D eigenvalue weighted by Gasteiger charge is -2.25. The molecule has 1 saturated carbocycles. The lowest BCUT2D eigenvalue weighted by atomic mass is 9.93. The first-order chi connectivity index (χ1) is 20.7. The zero-order chi connectivity index (χ0) is 30.1. The Morgan fingerprint density at radius 1 is 0.953 bits per heavy atom. The molecule has 1 aliphatic heterocycles. The third kappa shape index (κ3) is 6.31. The van der Waals surface area contributed by atoms with Gasteiger partial charge in [-0.25, -0.2) is 9.37 Å². The van der Waals surface area contributed by atoms with Crippen LogP contribution in [-0.2, 0) is 4.74 Å². The monoisotopic (exact) mass is 591 g/mol. The number of pyridine rings is 1. The van der Waals surface area contributed by atoms with E-state index in [4.69, 9.17) is 14.7 Å². The first-order valence-electron chi connectivity index (χ1n) is 13.9. The maximum Gasteiger partial charge on any atom is 0.573 e. The van der Waals surface area contributed by atoms with Gasteiger partial charge in [-0.15, -0.1) is 13.2 Å². The van der Waals surface area contributed by atoms with Gasteiger partial charge in [-0.2, -0.15) is 0 Å². The maximum absolute atomic E-state index is 14.4. The summed E-state index contributed by atoms with van der Waals surface area (Å²) in [7, 11) is 1.73. The van der Waals surface area contributed by atoms with Crippen LogP contribution in [0, 0.1) is 12.7 Å². The number of rotatable bonds is 6. The van der Waals surface area contributed by atoms with E-state index in [0.29, 0.717) is 39.2 Å². The van der Waals surface area contributed by atoms with E-state index in [0.717, 1.165) is 37.1 Å². The molecule has 222 valence electrons. The largest absolute Gasteiger partial charge is 0.573 e. The first-order valence-corrected chi connectivity index (χ1v) is 13.9. The van der Waals surface area contributed by atoms with Gasteiger partial charge in [0.2, 0.25) is 0 Å². The average molecular weight is 592 g/mol. The number of anilines is 2. The second-order valence-electron chi connectivity index (χ2n) is 10.5. The van der Waals surface area contributed by atoms with E-state index in [2.05, 4.69) is 15.0 Å². The minimum Gasteiger partial charge on any atom is -0.406 e. The molecule has 1 aromatic heterocycles. The molecular formula is C32H29F4N5O2. The highest BCUT2D eigenvalue weighted by atomic mass is 19.4. The summed E-state index contributed by atoms with van der Waals surface area (Å²) in [5.74, 6) is -0.798. The average Bonchev–Trinajstić information content (AvgIpc) is 2.97. The number of nitrogens with zero attached hydrogens (tertiary/aromatic N) is 4.